The van der Waals surface area contributed by atoms with Gasteiger partial charge in [-0.05, 0) is 91.1 Å². The molecule has 0 N–H and O–H groups in total. The van der Waals surface area contributed by atoms with Crippen LogP contribution < -0.4 is 0 Å². The van der Waals surface area contributed by atoms with Crippen LogP contribution in [0.2, 0.25) is 0 Å². The van der Waals surface area contributed by atoms with Crippen LogP contribution in [0.15, 0.2) is 48.6 Å². The van der Waals surface area contributed by atoms with E-state index in [-0.39, 0.29) is 6.10 Å². The number of ether oxygens (including phenoxy) is 3. The minimum atomic E-state index is 0.111. The molecule has 0 aromatic heterocycles. The first-order valence-corrected chi connectivity index (χ1v) is 20.2. The Balaban J connectivity index is 3.54. The van der Waals surface area contributed by atoms with Crippen molar-refractivity contribution in [1.29, 1.82) is 0 Å². The molecule has 0 aromatic rings. The van der Waals surface area contributed by atoms with Crippen LogP contribution in [0.1, 0.15) is 168 Å². The highest BCUT2D eigenvalue weighted by Crippen LogP contribution is 2.10. The lowest BCUT2D eigenvalue weighted by Gasteiger charge is -2.21. The molecule has 0 saturated carbocycles. The maximum Gasteiger partial charge on any atom is 0.0935 e. The van der Waals surface area contributed by atoms with Crippen molar-refractivity contribution in [2.45, 2.75) is 174 Å². The number of hydrogen-bond donors (Lipinski definition) is 0. The number of hydrogen-bond acceptors (Lipinski definition) is 4. The maximum absolute atomic E-state index is 6.11. The SMILES string of the molecule is CCCCC/C=C\C/C=C\CCCCCCCCOCCOC(COCCCCCCCC/C=C\C/C=C\CCCCC)CN(C)C. The Bertz CT molecular complexity index is 699. The molecule has 0 aliphatic carbocycles. The average Bonchev–Trinajstić information content (AvgIpc) is 3.06. The molecule has 276 valence electrons. The smallest absolute Gasteiger partial charge is 0.0935 e. The van der Waals surface area contributed by atoms with E-state index in [1.54, 1.807) is 0 Å². The molecule has 4 nitrogen and oxygen atoms in total. The zero-order valence-electron chi connectivity index (χ0n) is 32.1. The van der Waals surface area contributed by atoms with Crippen LogP contribution in [0, 0.1) is 0 Å². The van der Waals surface area contributed by atoms with Crippen molar-refractivity contribution in [3.63, 3.8) is 0 Å². The summed E-state index contributed by atoms with van der Waals surface area (Å²) in [4.78, 5) is 2.18. The van der Waals surface area contributed by atoms with Gasteiger partial charge in [0.1, 0.15) is 0 Å². The van der Waals surface area contributed by atoms with Gasteiger partial charge in [-0.3, -0.25) is 0 Å². The Morgan fingerprint density at radius 1 is 0.426 bits per heavy atom. The van der Waals surface area contributed by atoms with E-state index in [1.807, 2.05) is 0 Å². The van der Waals surface area contributed by atoms with Crippen LogP contribution in [0.25, 0.3) is 0 Å². The third-order valence-corrected chi connectivity index (χ3v) is 8.43. The molecule has 0 spiro atoms. The first-order chi connectivity index (χ1) is 23.2. The van der Waals surface area contributed by atoms with Gasteiger partial charge in [-0.2, -0.15) is 0 Å². The highest BCUT2D eigenvalue weighted by atomic mass is 16.5. The average molecular weight is 660 g/mol. The quantitative estimate of drug-likeness (QED) is 0.0487. The molecule has 0 fully saturated rings. The summed E-state index contributed by atoms with van der Waals surface area (Å²) >= 11 is 0. The van der Waals surface area contributed by atoms with Gasteiger partial charge in [0, 0.05) is 19.8 Å². The molecule has 0 bridgehead atoms. The van der Waals surface area contributed by atoms with Gasteiger partial charge in [0.2, 0.25) is 0 Å². The van der Waals surface area contributed by atoms with Crippen LogP contribution >= 0.6 is 0 Å². The van der Waals surface area contributed by atoms with E-state index in [0.29, 0.717) is 19.8 Å². The molecule has 0 radical (unpaired) electrons. The van der Waals surface area contributed by atoms with E-state index in [0.717, 1.165) is 45.4 Å². The fourth-order valence-electron chi connectivity index (χ4n) is 5.54. The third-order valence-electron chi connectivity index (χ3n) is 8.43. The Morgan fingerprint density at radius 2 is 0.830 bits per heavy atom. The van der Waals surface area contributed by atoms with E-state index in [4.69, 9.17) is 14.2 Å². The molecule has 0 saturated heterocycles. The molecule has 1 unspecified atom stereocenters. The summed E-state index contributed by atoms with van der Waals surface area (Å²) in [6, 6.07) is 0. The molecule has 0 rings (SSSR count). The summed E-state index contributed by atoms with van der Waals surface area (Å²) in [5, 5.41) is 0. The largest absolute Gasteiger partial charge is 0.379 e. The van der Waals surface area contributed by atoms with Gasteiger partial charge in [-0.1, -0.05) is 140 Å². The summed E-state index contributed by atoms with van der Waals surface area (Å²) in [7, 11) is 4.20. The number of likely N-dealkylation sites (N-methyl/N-ethyl adjacent to an activating group) is 1. The van der Waals surface area contributed by atoms with E-state index in [1.165, 1.54) is 128 Å². The standard InChI is InChI=1S/C43H81NO3/c1-5-7-9-11-13-15-17-19-21-23-25-27-29-31-33-35-37-45-39-40-47-43(41-44(3)4)42-46-38-36-34-32-30-28-26-24-22-20-18-16-14-12-10-8-6-2/h13-16,19-22,43H,5-12,17-18,23-42H2,1-4H3/b15-13-,16-14-,21-19-,22-20-. The maximum atomic E-state index is 6.11. The molecule has 0 aromatic carbocycles. The zero-order valence-corrected chi connectivity index (χ0v) is 32.1. The summed E-state index contributed by atoms with van der Waals surface area (Å²) in [5.74, 6) is 0. The van der Waals surface area contributed by atoms with Gasteiger partial charge in [-0.25, -0.2) is 0 Å². The first kappa shape index (κ1) is 45.8. The lowest BCUT2D eigenvalue weighted by atomic mass is 10.1. The highest BCUT2D eigenvalue weighted by Gasteiger charge is 2.11. The predicted octanol–water partition coefficient (Wildman–Crippen LogP) is 12.6. The zero-order chi connectivity index (χ0) is 34.1. The van der Waals surface area contributed by atoms with Crippen molar-refractivity contribution in [2.24, 2.45) is 0 Å². The minimum Gasteiger partial charge on any atom is -0.379 e. The van der Waals surface area contributed by atoms with E-state index in [9.17, 15) is 0 Å². The molecule has 0 heterocycles. The predicted molar refractivity (Wildman–Crippen MR) is 209 cm³/mol. The molecule has 47 heavy (non-hydrogen) atoms. The van der Waals surface area contributed by atoms with Gasteiger partial charge in [0.05, 0.1) is 25.9 Å². The number of unbranched alkanes of at least 4 members (excludes halogenated alkanes) is 18. The molecular formula is C43H81NO3. The van der Waals surface area contributed by atoms with Crippen LogP contribution in [0.3, 0.4) is 0 Å². The molecule has 4 heteroatoms. The van der Waals surface area contributed by atoms with Crippen molar-refractivity contribution in [1.82, 2.24) is 4.90 Å². The normalized spacial score (nSPS) is 13.1. The fraction of sp³-hybridized carbons (Fsp3) is 0.814. The summed E-state index contributed by atoms with van der Waals surface area (Å²) in [5.41, 5.74) is 0. The van der Waals surface area contributed by atoms with Crippen LogP contribution in [-0.2, 0) is 14.2 Å². The molecule has 1 atom stereocenters. The van der Waals surface area contributed by atoms with Crippen LogP contribution in [0.4, 0.5) is 0 Å². The molecular weight excluding hydrogens is 578 g/mol. The van der Waals surface area contributed by atoms with Crippen LogP contribution in [0.5, 0.6) is 0 Å². The monoisotopic (exact) mass is 660 g/mol. The second-order valence-corrected chi connectivity index (χ2v) is 13.6. The van der Waals surface area contributed by atoms with Crippen molar-refractivity contribution < 1.29 is 14.2 Å². The Morgan fingerprint density at radius 3 is 1.28 bits per heavy atom. The van der Waals surface area contributed by atoms with E-state index in [2.05, 4.69) is 81.5 Å². The lowest BCUT2D eigenvalue weighted by molar-refractivity contribution is -0.0468. The first-order valence-electron chi connectivity index (χ1n) is 20.2. The van der Waals surface area contributed by atoms with Crippen LogP contribution in [-0.4, -0.2) is 64.7 Å². The molecule has 0 aliphatic rings. The van der Waals surface area contributed by atoms with Gasteiger partial charge in [-0.15, -0.1) is 0 Å². The molecule has 0 aliphatic heterocycles. The highest BCUT2D eigenvalue weighted by molar-refractivity contribution is 4.93. The fourth-order valence-corrected chi connectivity index (χ4v) is 5.54. The van der Waals surface area contributed by atoms with E-state index >= 15 is 0 Å². The van der Waals surface area contributed by atoms with E-state index < -0.39 is 0 Å². The number of allylic oxidation sites excluding steroid dienone is 8. The summed E-state index contributed by atoms with van der Waals surface area (Å²) < 4.78 is 18.0. The van der Waals surface area contributed by atoms with Gasteiger partial charge in [0.25, 0.3) is 0 Å². The van der Waals surface area contributed by atoms with Crippen molar-refractivity contribution in [3.8, 4) is 0 Å². The Kier molecular flexibility index (Phi) is 39.9. The second-order valence-electron chi connectivity index (χ2n) is 13.6. The topological polar surface area (TPSA) is 30.9 Å². The van der Waals surface area contributed by atoms with Gasteiger partial charge < -0.3 is 19.1 Å². The van der Waals surface area contributed by atoms with Gasteiger partial charge >= 0.3 is 0 Å². The number of nitrogens with zero attached hydrogens (tertiary/aromatic N) is 1. The Hall–Kier alpha value is -1.20. The Labute approximate surface area is 294 Å². The lowest BCUT2D eigenvalue weighted by Crippen LogP contribution is -2.33. The van der Waals surface area contributed by atoms with Crippen molar-refractivity contribution in [2.75, 3.05) is 53.7 Å². The molecule has 0 amide bonds. The second kappa shape index (κ2) is 41.0. The van der Waals surface area contributed by atoms with Crippen molar-refractivity contribution in [3.05, 3.63) is 48.6 Å². The summed E-state index contributed by atoms with van der Waals surface area (Å²) in [6.45, 7) is 9.09. The third kappa shape index (κ3) is 40.9. The van der Waals surface area contributed by atoms with Crippen molar-refractivity contribution >= 4 is 0 Å². The minimum absolute atomic E-state index is 0.111. The summed E-state index contributed by atoms with van der Waals surface area (Å²) in [6.07, 6.45) is 49.4. The van der Waals surface area contributed by atoms with Gasteiger partial charge in [0.15, 0.2) is 0 Å². The number of rotatable bonds is 38.